The van der Waals surface area contributed by atoms with Gasteiger partial charge in [0.25, 0.3) is 5.91 Å². The Balaban J connectivity index is 2.46. The number of carbonyl (C=O) groups excluding carboxylic acids is 2. The quantitative estimate of drug-likeness (QED) is 0.636. The van der Waals surface area contributed by atoms with Crippen molar-refractivity contribution < 1.29 is 19.5 Å². The number of carboxylic acids is 1. The maximum absolute atomic E-state index is 11.6. The number of amides is 2. The number of anilines is 1. The van der Waals surface area contributed by atoms with E-state index in [-0.39, 0.29) is 24.7 Å². The lowest BCUT2D eigenvalue weighted by atomic mass is 10.2. The molecule has 0 aromatic heterocycles. The summed E-state index contributed by atoms with van der Waals surface area (Å²) in [6, 6.07) is 6.45. The summed E-state index contributed by atoms with van der Waals surface area (Å²) >= 11 is 0. The van der Waals surface area contributed by atoms with Gasteiger partial charge in [0, 0.05) is 30.6 Å². The normalized spacial score (nSPS) is 9.71. The molecule has 0 aliphatic carbocycles. The van der Waals surface area contributed by atoms with Gasteiger partial charge in [-0.05, 0) is 30.7 Å². The Kier molecular flexibility index (Phi) is 6.67. The molecule has 6 heteroatoms. The van der Waals surface area contributed by atoms with Gasteiger partial charge >= 0.3 is 5.97 Å². The van der Waals surface area contributed by atoms with Crippen molar-refractivity contribution in [2.24, 2.45) is 0 Å². The topological polar surface area (TPSA) is 95.5 Å². The molecule has 1 rings (SSSR count). The predicted molar refractivity (Wildman–Crippen MR) is 79.1 cm³/mol. The van der Waals surface area contributed by atoms with Gasteiger partial charge in [0.15, 0.2) is 0 Å². The molecule has 112 valence electrons. The summed E-state index contributed by atoms with van der Waals surface area (Å²) in [6.45, 7) is 3.90. The van der Waals surface area contributed by atoms with Crippen LogP contribution in [0.5, 0.6) is 0 Å². The molecule has 3 N–H and O–H groups in total. The smallest absolute Gasteiger partial charge is 0.303 e. The van der Waals surface area contributed by atoms with Gasteiger partial charge in [-0.1, -0.05) is 6.08 Å². The van der Waals surface area contributed by atoms with E-state index in [1.54, 1.807) is 30.3 Å². The monoisotopic (exact) mass is 290 g/mol. The first-order chi connectivity index (χ1) is 10.0. The number of hydrogen-bond donors (Lipinski definition) is 3. The average Bonchev–Trinajstić information content (AvgIpc) is 2.45. The zero-order chi connectivity index (χ0) is 15.7. The molecule has 0 radical (unpaired) electrons. The molecule has 0 saturated heterocycles. The minimum absolute atomic E-state index is 0.0319. The Bertz CT molecular complexity index is 523. The largest absolute Gasteiger partial charge is 0.481 e. The van der Waals surface area contributed by atoms with Crippen LogP contribution >= 0.6 is 0 Å². The van der Waals surface area contributed by atoms with Gasteiger partial charge in [-0.25, -0.2) is 0 Å². The van der Waals surface area contributed by atoms with Crippen LogP contribution in [0.1, 0.15) is 29.6 Å². The number of aliphatic carboxylic acids is 1. The minimum atomic E-state index is -0.919. The Labute approximate surface area is 122 Å². The van der Waals surface area contributed by atoms with Crippen molar-refractivity contribution in [2.75, 3.05) is 11.9 Å². The molecule has 0 bridgehead atoms. The molecule has 0 unspecified atom stereocenters. The highest BCUT2D eigenvalue weighted by molar-refractivity contribution is 5.95. The SMILES string of the molecule is C=CCNC(=O)c1ccc(NC(=O)CCCC(=O)O)cc1. The summed E-state index contributed by atoms with van der Waals surface area (Å²) in [7, 11) is 0. The molecule has 0 aliphatic rings. The van der Waals surface area contributed by atoms with Crippen molar-refractivity contribution in [2.45, 2.75) is 19.3 Å². The van der Waals surface area contributed by atoms with Crippen molar-refractivity contribution in [1.82, 2.24) is 5.32 Å². The van der Waals surface area contributed by atoms with Gasteiger partial charge in [-0.2, -0.15) is 0 Å². The molecule has 2 amide bonds. The van der Waals surface area contributed by atoms with Crippen LogP contribution in [0.25, 0.3) is 0 Å². The number of nitrogens with one attached hydrogen (secondary N) is 2. The summed E-state index contributed by atoms with van der Waals surface area (Å²) in [5, 5.41) is 13.8. The Morgan fingerprint density at radius 3 is 2.38 bits per heavy atom. The maximum Gasteiger partial charge on any atom is 0.303 e. The van der Waals surface area contributed by atoms with E-state index in [1.807, 2.05) is 0 Å². The predicted octanol–water partition coefficient (Wildman–Crippen LogP) is 1.80. The summed E-state index contributed by atoms with van der Waals surface area (Å²) in [6.07, 6.45) is 2.00. The van der Waals surface area contributed by atoms with E-state index in [4.69, 9.17) is 5.11 Å². The van der Waals surface area contributed by atoms with Crippen LogP contribution in [-0.2, 0) is 9.59 Å². The van der Waals surface area contributed by atoms with E-state index in [0.29, 0.717) is 24.2 Å². The first-order valence-corrected chi connectivity index (χ1v) is 6.53. The first-order valence-electron chi connectivity index (χ1n) is 6.53. The van der Waals surface area contributed by atoms with Crippen molar-refractivity contribution in [3.05, 3.63) is 42.5 Å². The van der Waals surface area contributed by atoms with E-state index < -0.39 is 5.97 Å². The Morgan fingerprint density at radius 2 is 1.81 bits per heavy atom. The number of benzene rings is 1. The second-order valence-corrected chi connectivity index (χ2v) is 4.37. The third-order valence-electron chi connectivity index (χ3n) is 2.63. The zero-order valence-electron chi connectivity index (χ0n) is 11.6. The van der Waals surface area contributed by atoms with Gasteiger partial charge < -0.3 is 15.7 Å². The molecular formula is C15H18N2O4. The fraction of sp³-hybridized carbons (Fsp3) is 0.267. The Morgan fingerprint density at radius 1 is 1.14 bits per heavy atom. The lowest BCUT2D eigenvalue weighted by Gasteiger charge is -2.06. The van der Waals surface area contributed by atoms with Crippen molar-refractivity contribution in [3.8, 4) is 0 Å². The highest BCUT2D eigenvalue weighted by Crippen LogP contribution is 2.10. The summed E-state index contributed by atoms with van der Waals surface area (Å²) < 4.78 is 0. The van der Waals surface area contributed by atoms with E-state index in [9.17, 15) is 14.4 Å². The lowest BCUT2D eigenvalue weighted by molar-refractivity contribution is -0.137. The Hall–Kier alpha value is -2.63. The van der Waals surface area contributed by atoms with Gasteiger partial charge in [0.2, 0.25) is 5.91 Å². The van der Waals surface area contributed by atoms with E-state index in [2.05, 4.69) is 17.2 Å². The van der Waals surface area contributed by atoms with Crippen LogP contribution in [0.4, 0.5) is 5.69 Å². The van der Waals surface area contributed by atoms with E-state index >= 15 is 0 Å². The number of carboxylic acid groups (broad SMARTS) is 1. The van der Waals surface area contributed by atoms with Crippen LogP contribution in [-0.4, -0.2) is 29.4 Å². The van der Waals surface area contributed by atoms with E-state index in [0.717, 1.165) is 0 Å². The molecule has 0 aliphatic heterocycles. The molecule has 21 heavy (non-hydrogen) atoms. The van der Waals surface area contributed by atoms with Gasteiger partial charge in [-0.15, -0.1) is 6.58 Å². The standard InChI is InChI=1S/C15H18N2O4/c1-2-10-16-15(21)11-6-8-12(9-7-11)17-13(18)4-3-5-14(19)20/h2,6-9H,1,3-5,10H2,(H,16,21)(H,17,18)(H,19,20). The lowest BCUT2D eigenvalue weighted by Crippen LogP contribution is -2.23. The summed E-state index contributed by atoms with van der Waals surface area (Å²) in [5.41, 5.74) is 1.05. The molecular weight excluding hydrogens is 272 g/mol. The molecule has 0 fully saturated rings. The molecule has 0 spiro atoms. The van der Waals surface area contributed by atoms with E-state index in [1.165, 1.54) is 0 Å². The van der Waals surface area contributed by atoms with Crippen LogP contribution in [0.15, 0.2) is 36.9 Å². The van der Waals surface area contributed by atoms with Crippen LogP contribution in [0, 0.1) is 0 Å². The van der Waals surface area contributed by atoms with Gasteiger partial charge in [-0.3, -0.25) is 14.4 Å². The number of rotatable bonds is 8. The van der Waals surface area contributed by atoms with Crippen molar-refractivity contribution in [3.63, 3.8) is 0 Å². The average molecular weight is 290 g/mol. The molecule has 0 heterocycles. The highest BCUT2D eigenvalue weighted by atomic mass is 16.4. The zero-order valence-corrected chi connectivity index (χ0v) is 11.6. The summed E-state index contributed by atoms with van der Waals surface area (Å²) in [4.78, 5) is 33.5. The fourth-order valence-corrected chi connectivity index (χ4v) is 1.60. The molecule has 0 saturated carbocycles. The number of hydrogen-bond acceptors (Lipinski definition) is 3. The van der Waals surface area contributed by atoms with Crippen LogP contribution in [0.2, 0.25) is 0 Å². The van der Waals surface area contributed by atoms with Crippen LogP contribution < -0.4 is 10.6 Å². The third kappa shape index (κ3) is 6.38. The fourth-order valence-electron chi connectivity index (χ4n) is 1.60. The van der Waals surface area contributed by atoms with Crippen molar-refractivity contribution in [1.29, 1.82) is 0 Å². The molecule has 1 aromatic rings. The third-order valence-corrected chi connectivity index (χ3v) is 2.63. The molecule has 1 aromatic carbocycles. The number of carbonyl (C=O) groups is 3. The molecule has 0 atom stereocenters. The van der Waals surface area contributed by atoms with Gasteiger partial charge in [0.1, 0.15) is 0 Å². The van der Waals surface area contributed by atoms with Crippen LogP contribution in [0.3, 0.4) is 0 Å². The van der Waals surface area contributed by atoms with Crippen molar-refractivity contribution >= 4 is 23.5 Å². The summed E-state index contributed by atoms with van der Waals surface area (Å²) in [5.74, 6) is -1.38. The van der Waals surface area contributed by atoms with Gasteiger partial charge in [0.05, 0.1) is 0 Å². The minimum Gasteiger partial charge on any atom is -0.481 e. The molecule has 6 nitrogen and oxygen atoms in total. The highest BCUT2D eigenvalue weighted by Gasteiger charge is 2.06. The second kappa shape index (κ2) is 8.52. The second-order valence-electron chi connectivity index (χ2n) is 4.37. The maximum atomic E-state index is 11.6. The first kappa shape index (κ1) is 16.4.